The molecule has 25 heavy (non-hydrogen) atoms. The van der Waals surface area contributed by atoms with Gasteiger partial charge < -0.3 is 4.90 Å². The topological polar surface area (TPSA) is 66.5 Å². The lowest BCUT2D eigenvalue weighted by molar-refractivity contribution is 0.0981. The molecule has 2 aromatic carbocycles. The van der Waals surface area contributed by atoms with Gasteiger partial charge in [0.1, 0.15) is 0 Å². The number of amides is 1. The number of nitrogens with one attached hydrogen (secondary N) is 1. The third-order valence-corrected chi connectivity index (χ3v) is 5.82. The Hall–Kier alpha value is -2.18. The lowest BCUT2D eigenvalue weighted by atomic mass is 10.1. The molecule has 0 saturated heterocycles. The maximum atomic E-state index is 12.8. The van der Waals surface area contributed by atoms with Gasteiger partial charge in [-0.15, -0.1) is 0 Å². The Morgan fingerprint density at radius 3 is 2.60 bits per heavy atom. The van der Waals surface area contributed by atoms with Crippen LogP contribution in [0.3, 0.4) is 0 Å². The summed E-state index contributed by atoms with van der Waals surface area (Å²) >= 11 is 0. The van der Waals surface area contributed by atoms with Crippen molar-refractivity contribution in [3.05, 3.63) is 59.7 Å². The van der Waals surface area contributed by atoms with Gasteiger partial charge in [-0.3, -0.25) is 4.79 Å². The van der Waals surface area contributed by atoms with Gasteiger partial charge in [0, 0.05) is 23.8 Å². The van der Waals surface area contributed by atoms with Crippen LogP contribution in [0.4, 0.5) is 5.69 Å². The fraction of sp³-hybridized carbons (Fsp3) is 0.316. The van der Waals surface area contributed by atoms with Crippen LogP contribution in [0.25, 0.3) is 0 Å². The van der Waals surface area contributed by atoms with E-state index in [-0.39, 0.29) is 16.8 Å². The number of nitrogens with zero attached hydrogens (tertiary/aromatic N) is 1. The number of rotatable bonds is 5. The van der Waals surface area contributed by atoms with Crippen LogP contribution >= 0.6 is 0 Å². The molecule has 1 heterocycles. The summed E-state index contributed by atoms with van der Waals surface area (Å²) in [5.41, 5.74) is 2.30. The van der Waals surface area contributed by atoms with Crippen LogP contribution in [-0.4, -0.2) is 26.9 Å². The monoisotopic (exact) mass is 358 g/mol. The second kappa shape index (κ2) is 6.98. The average Bonchev–Trinajstić information content (AvgIpc) is 2.95. The molecule has 1 amide bonds. The summed E-state index contributed by atoms with van der Waals surface area (Å²) in [5, 5.41) is 0. The first-order chi connectivity index (χ1) is 11.9. The number of hydrogen-bond acceptors (Lipinski definition) is 3. The second-order valence-electron chi connectivity index (χ2n) is 6.28. The molecule has 132 valence electrons. The molecule has 1 atom stereocenters. The van der Waals surface area contributed by atoms with Gasteiger partial charge >= 0.3 is 0 Å². The quantitative estimate of drug-likeness (QED) is 0.893. The van der Waals surface area contributed by atoms with E-state index in [2.05, 4.69) is 4.72 Å². The highest BCUT2D eigenvalue weighted by molar-refractivity contribution is 7.89. The van der Waals surface area contributed by atoms with Crippen LogP contribution in [0.1, 0.15) is 36.2 Å². The number of carbonyl (C=O) groups excluding carboxylic acids is 1. The minimum absolute atomic E-state index is 0.00994. The van der Waals surface area contributed by atoms with Crippen LogP contribution in [0, 0.1) is 0 Å². The largest absolute Gasteiger partial charge is 0.305 e. The van der Waals surface area contributed by atoms with Crippen molar-refractivity contribution in [2.45, 2.75) is 37.6 Å². The zero-order chi connectivity index (χ0) is 18.0. The molecule has 0 radical (unpaired) electrons. The molecule has 0 saturated carbocycles. The van der Waals surface area contributed by atoms with E-state index in [0.717, 1.165) is 17.7 Å². The summed E-state index contributed by atoms with van der Waals surface area (Å²) in [6, 6.07) is 14.1. The van der Waals surface area contributed by atoms with Crippen LogP contribution in [0.15, 0.2) is 53.4 Å². The number of carbonyl (C=O) groups is 1. The highest BCUT2D eigenvalue weighted by Gasteiger charge is 2.32. The van der Waals surface area contributed by atoms with Crippen molar-refractivity contribution in [1.82, 2.24) is 4.72 Å². The summed E-state index contributed by atoms with van der Waals surface area (Å²) < 4.78 is 27.2. The Labute approximate surface area is 148 Å². The molecule has 1 aliphatic heterocycles. The summed E-state index contributed by atoms with van der Waals surface area (Å²) in [4.78, 5) is 14.8. The van der Waals surface area contributed by atoms with Crippen molar-refractivity contribution >= 4 is 21.6 Å². The fourth-order valence-electron chi connectivity index (χ4n) is 3.12. The SMILES string of the molecule is CCCNS(=O)(=O)c1ccc2c(c1)C[C@H](C)N2C(=O)c1ccccc1. The Bertz CT molecular complexity index is 879. The van der Waals surface area contributed by atoms with Gasteiger partial charge in [-0.2, -0.15) is 0 Å². The van der Waals surface area contributed by atoms with E-state index < -0.39 is 10.0 Å². The average molecular weight is 358 g/mol. The molecule has 1 N–H and O–H groups in total. The molecule has 5 nitrogen and oxygen atoms in total. The summed E-state index contributed by atoms with van der Waals surface area (Å²) in [7, 11) is -3.50. The highest BCUT2D eigenvalue weighted by atomic mass is 32.2. The van der Waals surface area contributed by atoms with Crippen molar-refractivity contribution in [2.24, 2.45) is 0 Å². The molecule has 1 aliphatic rings. The van der Waals surface area contributed by atoms with Gasteiger partial charge in [-0.1, -0.05) is 25.1 Å². The molecule has 6 heteroatoms. The van der Waals surface area contributed by atoms with Gasteiger partial charge in [-0.25, -0.2) is 13.1 Å². The van der Waals surface area contributed by atoms with Crippen LogP contribution in [0.5, 0.6) is 0 Å². The first-order valence-corrected chi connectivity index (χ1v) is 9.93. The van der Waals surface area contributed by atoms with Crippen molar-refractivity contribution in [3.8, 4) is 0 Å². The number of hydrogen-bond donors (Lipinski definition) is 1. The first kappa shape index (κ1) is 17.6. The summed E-state index contributed by atoms with van der Waals surface area (Å²) in [5.74, 6) is -0.0634. The number of sulfonamides is 1. The summed E-state index contributed by atoms with van der Waals surface area (Å²) in [6.07, 6.45) is 1.38. The Morgan fingerprint density at radius 2 is 1.92 bits per heavy atom. The van der Waals surface area contributed by atoms with E-state index in [4.69, 9.17) is 0 Å². The van der Waals surface area contributed by atoms with Crippen molar-refractivity contribution in [1.29, 1.82) is 0 Å². The lowest BCUT2D eigenvalue weighted by Gasteiger charge is -2.23. The number of benzene rings is 2. The molecule has 2 aromatic rings. The Morgan fingerprint density at radius 1 is 1.20 bits per heavy atom. The van der Waals surface area contributed by atoms with Gasteiger partial charge in [0.05, 0.1) is 4.90 Å². The maximum absolute atomic E-state index is 12.8. The van der Waals surface area contributed by atoms with Crippen LogP contribution in [-0.2, 0) is 16.4 Å². The number of anilines is 1. The lowest BCUT2D eigenvalue weighted by Crippen LogP contribution is -2.35. The van der Waals surface area contributed by atoms with Gasteiger partial charge in [0.15, 0.2) is 0 Å². The Kier molecular flexibility index (Phi) is 4.92. The molecule has 0 unspecified atom stereocenters. The number of fused-ring (bicyclic) bond motifs is 1. The predicted octanol–water partition coefficient (Wildman–Crippen LogP) is 2.97. The third-order valence-electron chi connectivity index (χ3n) is 4.36. The van der Waals surface area contributed by atoms with E-state index in [1.807, 2.05) is 32.0 Å². The van der Waals surface area contributed by atoms with Gasteiger partial charge in [0.2, 0.25) is 10.0 Å². The molecule has 0 aliphatic carbocycles. The zero-order valence-electron chi connectivity index (χ0n) is 14.4. The van der Waals surface area contributed by atoms with E-state index in [1.54, 1.807) is 35.2 Å². The normalized spacial score (nSPS) is 16.7. The minimum Gasteiger partial charge on any atom is -0.305 e. The van der Waals surface area contributed by atoms with Crippen molar-refractivity contribution in [3.63, 3.8) is 0 Å². The molecule has 0 spiro atoms. The van der Waals surface area contributed by atoms with E-state index >= 15 is 0 Å². The van der Waals surface area contributed by atoms with E-state index in [9.17, 15) is 13.2 Å². The summed E-state index contributed by atoms with van der Waals surface area (Å²) in [6.45, 7) is 4.30. The fourth-order valence-corrected chi connectivity index (χ4v) is 4.31. The molecule has 0 bridgehead atoms. The van der Waals surface area contributed by atoms with Crippen LogP contribution < -0.4 is 9.62 Å². The highest BCUT2D eigenvalue weighted by Crippen LogP contribution is 2.34. The first-order valence-electron chi connectivity index (χ1n) is 8.45. The predicted molar refractivity (Wildman–Crippen MR) is 98.3 cm³/mol. The van der Waals surface area contributed by atoms with E-state index in [1.165, 1.54) is 0 Å². The zero-order valence-corrected chi connectivity index (χ0v) is 15.2. The molecule has 0 fully saturated rings. The minimum atomic E-state index is -3.50. The molecular weight excluding hydrogens is 336 g/mol. The Balaban J connectivity index is 1.93. The van der Waals surface area contributed by atoms with Gasteiger partial charge in [-0.05, 0) is 55.7 Å². The van der Waals surface area contributed by atoms with Crippen LogP contribution in [0.2, 0.25) is 0 Å². The second-order valence-corrected chi connectivity index (χ2v) is 8.05. The smallest absolute Gasteiger partial charge is 0.258 e. The molecular formula is C19H22N2O3S. The maximum Gasteiger partial charge on any atom is 0.258 e. The molecule has 0 aromatic heterocycles. The third kappa shape index (κ3) is 3.45. The van der Waals surface area contributed by atoms with Crippen molar-refractivity contribution < 1.29 is 13.2 Å². The molecule has 3 rings (SSSR count). The van der Waals surface area contributed by atoms with Gasteiger partial charge in [0.25, 0.3) is 5.91 Å². The standard InChI is InChI=1S/C19H22N2O3S/c1-3-11-20-25(23,24)17-9-10-18-16(13-17)12-14(2)21(18)19(22)15-7-5-4-6-8-15/h4-10,13-14,20H,3,11-12H2,1-2H3/t14-/m0/s1. The van der Waals surface area contributed by atoms with Crippen molar-refractivity contribution in [2.75, 3.05) is 11.4 Å². The van der Waals surface area contributed by atoms with E-state index in [0.29, 0.717) is 18.5 Å².